The molecule has 0 unspecified atom stereocenters. The van der Waals surface area contributed by atoms with E-state index in [4.69, 9.17) is 0 Å². The highest BCUT2D eigenvalue weighted by Gasteiger charge is 2.44. The predicted octanol–water partition coefficient (Wildman–Crippen LogP) is 2.37. The summed E-state index contributed by atoms with van der Waals surface area (Å²) < 4.78 is 38.7. The maximum Gasteiger partial charge on any atom is 0.391 e. The van der Waals surface area contributed by atoms with E-state index in [2.05, 4.69) is 5.32 Å². The number of hydrogen-bond acceptors (Lipinski definition) is 2. The zero-order valence-corrected chi connectivity index (χ0v) is 13.6. The van der Waals surface area contributed by atoms with Crippen LogP contribution in [0.1, 0.15) is 38.5 Å². The van der Waals surface area contributed by atoms with Crippen LogP contribution in [0.25, 0.3) is 0 Å². The second-order valence-electron chi connectivity index (χ2n) is 7.08. The molecule has 136 valence electrons. The third kappa shape index (κ3) is 3.62. The molecule has 2 atom stereocenters. The third-order valence-electron chi connectivity index (χ3n) is 5.59. The minimum Gasteiger partial charge on any atom is -0.342 e. The van der Waals surface area contributed by atoms with E-state index in [1.165, 1.54) is 0 Å². The van der Waals surface area contributed by atoms with Crippen molar-refractivity contribution in [2.45, 2.75) is 50.7 Å². The van der Waals surface area contributed by atoms with Crippen molar-refractivity contribution < 1.29 is 22.8 Å². The third-order valence-corrected chi connectivity index (χ3v) is 5.59. The summed E-state index contributed by atoms with van der Waals surface area (Å²) >= 11 is 0. The number of carbonyl (C=O) groups is 2. The van der Waals surface area contributed by atoms with Gasteiger partial charge in [0, 0.05) is 38.1 Å². The van der Waals surface area contributed by atoms with Crippen molar-refractivity contribution in [2.75, 3.05) is 26.2 Å². The highest BCUT2D eigenvalue weighted by molar-refractivity contribution is 5.79. The van der Waals surface area contributed by atoms with Gasteiger partial charge in [0.15, 0.2) is 0 Å². The Bertz CT molecular complexity index is 489. The smallest absolute Gasteiger partial charge is 0.342 e. The second kappa shape index (κ2) is 6.80. The predicted molar refractivity (Wildman–Crippen MR) is 81.2 cm³/mol. The lowest BCUT2D eigenvalue weighted by molar-refractivity contribution is -0.187. The second-order valence-corrected chi connectivity index (χ2v) is 7.08. The molecule has 1 saturated carbocycles. The fourth-order valence-corrected chi connectivity index (χ4v) is 4.20. The Balaban J connectivity index is 1.52. The fourth-order valence-electron chi connectivity index (χ4n) is 4.20. The van der Waals surface area contributed by atoms with Crippen molar-refractivity contribution in [1.82, 2.24) is 15.1 Å². The summed E-state index contributed by atoms with van der Waals surface area (Å²) in [5.74, 6) is -1.98. The first-order valence-electron chi connectivity index (χ1n) is 8.76. The summed E-state index contributed by atoms with van der Waals surface area (Å²) in [7, 11) is 0. The van der Waals surface area contributed by atoms with Crippen LogP contribution < -0.4 is 5.32 Å². The zero-order valence-electron chi connectivity index (χ0n) is 13.6. The number of hydrogen-bond donors (Lipinski definition) is 1. The van der Waals surface area contributed by atoms with Crippen LogP contribution in [0.4, 0.5) is 18.0 Å². The quantitative estimate of drug-likeness (QED) is 0.834. The summed E-state index contributed by atoms with van der Waals surface area (Å²) in [5, 5.41) is 2.77. The number of halogens is 3. The molecular weight excluding hydrogens is 323 g/mol. The minimum absolute atomic E-state index is 0.0555. The van der Waals surface area contributed by atoms with E-state index < -0.39 is 18.0 Å². The average Bonchev–Trinajstić information content (AvgIpc) is 3.00. The molecule has 0 aromatic heterocycles. The van der Waals surface area contributed by atoms with Gasteiger partial charge in [-0.25, -0.2) is 4.79 Å². The molecule has 2 heterocycles. The summed E-state index contributed by atoms with van der Waals surface area (Å²) in [6.07, 6.45) is -1.71. The van der Waals surface area contributed by atoms with E-state index in [9.17, 15) is 22.8 Å². The maximum absolute atomic E-state index is 12.9. The van der Waals surface area contributed by atoms with Crippen LogP contribution >= 0.6 is 0 Å². The molecule has 0 aromatic rings. The number of amides is 3. The van der Waals surface area contributed by atoms with E-state index in [0.717, 1.165) is 0 Å². The molecule has 3 rings (SSSR count). The number of urea groups is 1. The normalized spacial score (nSPS) is 29.7. The fraction of sp³-hybridized carbons (Fsp3) is 0.875. The summed E-state index contributed by atoms with van der Waals surface area (Å²) in [6.45, 7) is 2.40. The summed E-state index contributed by atoms with van der Waals surface area (Å²) in [6, 6.07) is 0.0749. The Labute approximate surface area is 139 Å². The van der Waals surface area contributed by atoms with Crippen molar-refractivity contribution in [3.05, 3.63) is 0 Å². The van der Waals surface area contributed by atoms with Crippen LogP contribution in [0, 0.1) is 11.8 Å². The van der Waals surface area contributed by atoms with E-state index >= 15 is 0 Å². The van der Waals surface area contributed by atoms with E-state index in [-0.39, 0.29) is 30.8 Å². The number of likely N-dealkylation sites (tertiary alicyclic amines) is 1. The highest BCUT2D eigenvalue weighted by atomic mass is 19.4. The number of piperidine rings is 1. The lowest BCUT2D eigenvalue weighted by Gasteiger charge is -2.39. The van der Waals surface area contributed by atoms with Crippen LogP contribution in [0.3, 0.4) is 0 Å². The van der Waals surface area contributed by atoms with Crippen molar-refractivity contribution >= 4 is 11.9 Å². The molecule has 2 aliphatic heterocycles. The van der Waals surface area contributed by atoms with Gasteiger partial charge in [-0.1, -0.05) is 6.42 Å². The molecule has 3 amide bonds. The van der Waals surface area contributed by atoms with Crippen LogP contribution in [0.2, 0.25) is 0 Å². The molecule has 3 aliphatic rings. The number of rotatable bonds is 2. The molecule has 1 aliphatic carbocycles. The molecule has 5 nitrogen and oxygen atoms in total. The first-order chi connectivity index (χ1) is 11.4. The van der Waals surface area contributed by atoms with Crippen molar-refractivity contribution in [3.63, 3.8) is 0 Å². The van der Waals surface area contributed by atoms with Crippen molar-refractivity contribution in [1.29, 1.82) is 0 Å². The molecule has 1 N–H and O–H groups in total. The van der Waals surface area contributed by atoms with Gasteiger partial charge in [-0.05, 0) is 32.1 Å². The van der Waals surface area contributed by atoms with Crippen LogP contribution in [-0.2, 0) is 4.79 Å². The van der Waals surface area contributed by atoms with Crippen LogP contribution in [-0.4, -0.2) is 60.1 Å². The lowest BCUT2D eigenvalue weighted by atomic mass is 9.80. The van der Waals surface area contributed by atoms with Gasteiger partial charge in [0.25, 0.3) is 0 Å². The Morgan fingerprint density at radius 3 is 2.38 bits per heavy atom. The van der Waals surface area contributed by atoms with E-state index in [1.807, 2.05) is 4.90 Å². The molecule has 0 radical (unpaired) electrons. The first-order valence-corrected chi connectivity index (χ1v) is 8.76. The summed E-state index contributed by atoms with van der Waals surface area (Å²) in [5.41, 5.74) is 0. The van der Waals surface area contributed by atoms with E-state index in [0.29, 0.717) is 51.9 Å². The number of carbonyl (C=O) groups excluding carboxylic acids is 2. The Hall–Kier alpha value is -1.47. The number of nitrogens with zero attached hydrogens (tertiary/aromatic N) is 2. The van der Waals surface area contributed by atoms with Crippen LogP contribution in [0.15, 0.2) is 0 Å². The van der Waals surface area contributed by atoms with Gasteiger partial charge in [-0.3, -0.25) is 4.79 Å². The first kappa shape index (κ1) is 17.4. The molecule has 24 heavy (non-hydrogen) atoms. The zero-order chi connectivity index (χ0) is 17.3. The van der Waals surface area contributed by atoms with Crippen molar-refractivity contribution in [2.24, 2.45) is 11.8 Å². The number of alkyl halides is 3. The van der Waals surface area contributed by atoms with Crippen LogP contribution in [0.5, 0.6) is 0 Å². The molecule has 2 saturated heterocycles. The molecule has 0 bridgehead atoms. The maximum atomic E-state index is 12.9. The van der Waals surface area contributed by atoms with E-state index in [1.54, 1.807) is 4.90 Å². The standard InChI is InChI=1S/C16H24F3N3O2/c17-16(18,19)12-3-1-2-11(10-12)14(23)21-7-4-13(5-8-21)22-9-6-20-15(22)24/h11-13H,1-10H2,(H,20,24)/t11-,12-/m0/s1. The van der Waals surface area contributed by atoms with Gasteiger partial charge in [0.2, 0.25) is 5.91 Å². The SMILES string of the molecule is O=C([C@H]1CCC[C@H](C(F)(F)F)C1)N1CCC(N2CCNC2=O)CC1. The molecule has 8 heteroatoms. The van der Waals surface area contributed by atoms with Gasteiger partial charge in [-0.15, -0.1) is 0 Å². The molecule has 0 aromatic carbocycles. The Morgan fingerprint density at radius 1 is 1.08 bits per heavy atom. The monoisotopic (exact) mass is 347 g/mol. The van der Waals surface area contributed by atoms with Gasteiger partial charge in [-0.2, -0.15) is 13.2 Å². The summed E-state index contributed by atoms with van der Waals surface area (Å²) in [4.78, 5) is 27.8. The topological polar surface area (TPSA) is 52.7 Å². The Kier molecular flexibility index (Phi) is 4.92. The van der Waals surface area contributed by atoms with Gasteiger partial charge >= 0.3 is 12.2 Å². The minimum atomic E-state index is -4.20. The average molecular weight is 347 g/mol. The van der Waals surface area contributed by atoms with Gasteiger partial charge in [0.05, 0.1) is 5.92 Å². The van der Waals surface area contributed by atoms with Gasteiger partial charge in [0.1, 0.15) is 0 Å². The largest absolute Gasteiger partial charge is 0.391 e. The van der Waals surface area contributed by atoms with Crippen molar-refractivity contribution in [3.8, 4) is 0 Å². The molecule has 0 spiro atoms. The highest BCUT2D eigenvalue weighted by Crippen LogP contribution is 2.40. The molecule has 3 fully saturated rings. The van der Waals surface area contributed by atoms with Gasteiger partial charge < -0.3 is 15.1 Å². The number of nitrogens with one attached hydrogen (secondary N) is 1. The Morgan fingerprint density at radius 2 is 1.79 bits per heavy atom. The molecular formula is C16H24F3N3O2. The lowest BCUT2D eigenvalue weighted by Crippen LogP contribution is -2.49.